The van der Waals surface area contributed by atoms with Crippen LogP contribution in [0.15, 0.2) is 78.9 Å². The Balaban J connectivity index is 1.59. The Kier molecular flexibility index (Phi) is 7.30. The third-order valence-electron chi connectivity index (χ3n) is 6.24. The maximum atomic E-state index is 13.5. The van der Waals surface area contributed by atoms with E-state index in [1.807, 2.05) is 99.6 Å². The lowest BCUT2D eigenvalue weighted by molar-refractivity contribution is -0.130. The van der Waals surface area contributed by atoms with E-state index in [2.05, 4.69) is 10.7 Å². The summed E-state index contributed by atoms with van der Waals surface area (Å²) in [5.74, 6) is -1.16. The largest absolute Gasteiger partial charge is 0.344 e. The molecule has 6 heteroatoms. The van der Waals surface area contributed by atoms with E-state index < -0.39 is 17.9 Å². The van der Waals surface area contributed by atoms with Crippen molar-refractivity contribution in [2.24, 2.45) is 5.92 Å². The third kappa shape index (κ3) is 5.43. The lowest BCUT2D eigenvalue weighted by Crippen LogP contribution is -2.55. The average molecular weight is 470 g/mol. The van der Waals surface area contributed by atoms with Gasteiger partial charge in [0.2, 0.25) is 5.91 Å². The first-order chi connectivity index (χ1) is 16.8. The number of para-hydroxylation sites is 1. The zero-order valence-electron chi connectivity index (χ0n) is 20.3. The molecule has 0 fully saturated rings. The van der Waals surface area contributed by atoms with Gasteiger partial charge in [0.05, 0.1) is 18.0 Å². The van der Waals surface area contributed by atoms with E-state index in [4.69, 9.17) is 0 Å². The highest BCUT2D eigenvalue weighted by molar-refractivity contribution is 6.06. The van der Waals surface area contributed by atoms with Gasteiger partial charge < -0.3 is 5.32 Å². The van der Waals surface area contributed by atoms with E-state index in [9.17, 15) is 14.4 Å². The lowest BCUT2D eigenvalue weighted by atomic mass is 9.92. The maximum Gasteiger partial charge on any atom is 0.261 e. The van der Waals surface area contributed by atoms with Crippen molar-refractivity contribution in [3.63, 3.8) is 0 Å². The summed E-state index contributed by atoms with van der Waals surface area (Å²) >= 11 is 0. The van der Waals surface area contributed by atoms with Gasteiger partial charge in [0.25, 0.3) is 11.8 Å². The Hall–Kier alpha value is -3.93. The first-order valence-corrected chi connectivity index (χ1v) is 12.0. The summed E-state index contributed by atoms with van der Waals surface area (Å²) in [5.41, 5.74) is 7.07. The predicted molar refractivity (Wildman–Crippen MR) is 137 cm³/mol. The second-order valence-corrected chi connectivity index (χ2v) is 9.39. The Bertz CT molecular complexity index is 1220. The molecule has 0 radical (unpaired) electrons. The molecule has 0 saturated carbocycles. The highest BCUT2D eigenvalue weighted by Crippen LogP contribution is 2.40. The molecule has 2 N–H and O–H groups in total. The van der Waals surface area contributed by atoms with Gasteiger partial charge in [-0.1, -0.05) is 86.6 Å². The Morgan fingerprint density at radius 1 is 0.886 bits per heavy atom. The molecule has 0 spiro atoms. The minimum atomic E-state index is -0.771. The number of benzene rings is 3. The summed E-state index contributed by atoms with van der Waals surface area (Å²) in [4.78, 5) is 39.7. The molecule has 1 aliphatic rings. The van der Waals surface area contributed by atoms with E-state index in [0.29, 0.717) is 12.1 Å². The molecule has 1 heterocycles. The molecule has 0 saturated heterocycles. The van der Waals surface area contributed by atoms with Crippen molar-refractivity contribution in [1.82, 2.24) is 10.7 Å². The third-order valence-corrected chi connectivity index (χ3v) is 6.24. The second-order valence-electron chi connectivity index (χ2n) is 9.39. The maximum absolute atomic E-state index is 13.5. The van der Waals surface area contributed by atoms with Crippen LogP contribution in [0.1, 0.15) is 44.2 Å². The fraction of sp³-hybridized carbons (Fsp3) is 0.276. The number of hydrazine groups is 1. The predicted octanol–water partition coefficient (Wildman–Crippen LogP) is 4.61. The molecule has 3 aromatic rings. The van der Waals surface area contributed by atoms with E-state index in [1.165, 1.54) is 5.01 Å². The van der Waals surface area contributed by atoms with E-state index in [-0.39, 0.29) is 24.2 Å². The molecular weight excluding hydrogens is 438 g/mol. The molecular formula is C29H31N3O3. The van der Waals surface area contributed by atoms with Gasteiger partial charge in [-0.05, 0) is 42.0 Å². The quantitative estimate of drug-likeness (QED) is 0.531. The summed E-state index contributed by atoms with van der Waals surface area (Å²) in [7, 11) is 0. The molecule has 6 nitrogen and oxygen atoms in total. The molecule has 3 aromatic carbocycles. The van der Waals surface area contributed by atoms with Crippen LogP contribution in [0, 0.1) is 5.92 Å². The first-order valence-electron chi connectivity index (χ1n) is 12.0. The second kappa shape index (κ2) is 10.6. The summed E-state index contributed by atoms with van der Waals surface area (Å²) in [6, 6.07) is 24.0. The standard InChI is InChI=1S/C29H31N3O3/c1-19(2)17-25(30-27(33)18-21-11-5-4-6-12-21)28(34)31-32-26-16-10-9-15-24(26)23-14-8-7-13-22(23)20(3)29(32)35/h4-16,19-20,25H,17-18H2,1-3H3,(H,30,33)(H,31,34)/t20?,25-/m0/s1. The Labute approximate surface area is 206 Å². The van der Waals surface area contributed by atoms with Crippen molar-refractivity contribution in [3.8, 4) is 11.1 Å². The fourth-order valence-electron chi connectivity index (χ4n) is 4.49. The molecule has 180 valence electrons. The summed E-state index contributed by atoms with van der Waals surface area (Å²) in [6.07, 6.45) is 0.631. The number of hydrogen-bond acceptors (Lipinski definition) is 3. The highest BCUT2D eigenvalue weighted by Gasteiger charge is 2.34. The van der Waals surface area contributed by atoms with Gasteiger partial charge in [-0.2, -0.15) is 0 Å². The van der Waals surface area contributed by atoms with Gasteiger partial charge >= 0.3 is 0 Å². The van der Waals surface area contributed by atoms with Crippen molar-refractivity contribution in [2.75, 3.05) is 5.01 Å². The van der Waals surface area contributed by atoms with Gasteiger partial charge in [0.15, 0.2) is 0 Å². The van der Waals surface area contributed by atoms with Crippen LogP contribution in [0.25, 0.3) is 11.1 Å². The number of nitrogens with one attached hydrogen (secondary N) is 2. The van der Waals surface area contributed by atoms with Crippen molar-refractivity contribution >= 4 is 23.4 Å². The number of amides is 3. The van der Waals surface area contributed by atoms with Crippen LogP contribution >= 0.6 is 0 Å². The highest BCUT2D eigenvalue weighted by atomic mass is 16.2. The van der Waals surface area contributed by atoms with Crippen molar-refractivity contribution in [3.05, 3.63) is 90.0 Å². The van der Waals surface area contributed by atoms with Crippen molar-refractivity contribution < 1.29 is 14.4 Å². The molecule has 0 bridgehead atoms. The van der Waals surface area contributed by atoms with E-state index in [1.54, 1.807) is 0 Å². The number of carbonyl (C=O) groups excluding carboxylic acids is 3. The molecule has 3 amide bonds. The molecule has 0 aromatic heterocycles. The van der Waals surface area contributed by atoms with Crippen LogP contribution in [0.2, 0.25) is 0 Å². The van der Waals surface area contributed by atoms with Gasteiger partial charge in [0, 0.05) is 5.56 Å². The number of hydrogen-bond donors (Lipinski definition) is 2. The van der Waals surface area contributed by atoms with Crippen LogP contribution in [0.5, 0.6) is 0 Å². The average Bonchev–Trinajstić information content (AvgIpc) is 2.94. The molecule has 2 atom stereocenters. The molecule has 0 aliphatic carbocycles. The summed E-state index contributed by atoms with van der Waals surface area (Å²) < 4.78 is 0. The summed E-state index contributed by atoms with van der Waals surface area (Å²) in [5, 5.41) is 4.23. The van der Waals surface area contributed by atoms with Gasteiger partial charge in [-0.15, -0.1) is 0 Å². The minimum Gasteiger partial charge on any atom is -0.344 e. The van der Waals surface area contributed by atoms with Crippen LogP contribution in [-0.4, -0.2) is 23.8 Å². The number of carbonyl (C=O) groups is 3. The smallest absolute Gasteiger partial charge is 0.261 e. The monoisotopic (exact) mass is 469 g/mol. The first kappa shape index (κ1) is 24.2. The number of fused-ring (bicyclic) bond motifs is 3. The van der Waals surface area contributed by atoms with Crippen LogP contribution in [0.4, 0.5) is 5.69 Å². The normalized spacial score (nSPS) is 15.6. The zero-order valence-corrected chi connectivity index (χ0v) is 20.3. The lowest BCUT2D eigenvalue weighted by Gasteiger charge is -2.28. The van der Waals surface area contributed by atoms with Gasteiger partial charge in [-0.25, -0.2) is 5.01 Å². The molecule has 35 heavy (non-hydrogen) atoms. The number of rotatable bonds is 7. The number of nitrogens with zero attached hydrogens (tertiary/aromatic N) is 1. The molecule has 4 rings (SSSR count). The molecule has 1 unspecified atom stereocenters. The van der Waals surface area contributed by atoms with Crippen molar-refractivity contribution in [2.45, 2.75) is 45.6 Å². The zero-order chi connectivity index (χ0) is 24.9. The van der Waals surface area contributed by atoms with Crippen LogP contribution in [0.3, 0.4) is 0 Å². The molecule has 1 aliphatic heterocycles. The van der Waals surface area contributed by atoms with Gasteiger partial charge in [-0.3, -0.25) is 19.8 Å². The van der Waals surface area contributed by atoms with Crippen LogP contribution < -0.4 is 15.8 Å². The van der Waals surface area contributed by atoms with Crippen LogP contribution in [-0.2, 0) is 20.8 Å². The SMILES string of the molecule is CC(C)C[C@H](NC(=O)Cc1ccccc1)C(=O)NN1C(=O)C(C)c2ccccc2-c2ccccc21. The minimum absolute atomic E-state index is 0.165. The Morgan fingerprint density at radius 3 is 2.23 bits per heavy atom. The Morgan fingerprint density at radius 2 is 1.51 bits per heavy atom. The van der Waals surface area contributed by atoms with Crippen molar-refractivity contribution in [1.29, 1.82) is 0 Å². The number of anilines is 1. The fourth-order valence-corrected chi connectivity index (χ4v) is 4.49. The topological polar surface area (TPSA) is 78.5 Å². The van der Waals surface area contributed by atoms with Gasteiger partial charge in [0.1, 0.15) is 6.04 Å². The summed E-state index contributed by atoms with van der Waals surface area (Å²) in [6.45, 7) is 5.84. The van der Waals surface area contributed by atoms with E-state index in [0.717, 1.165) is 22.3 Å². The van der Waals surface area contributed by atoms with E-state index >= 15 is 0 Å².